The van der Waals surface area contributed by atoms with Crippen LogP contribution in [0.15, 0.2) is 46.9 Å². The molecule has 6 nitrogen and oxygen atoms in total. The molecule has 4 rings (SSSR count). The smallest absolute Gasteiger partial charge is 0.257 e. The van der Waals surface area contributed by atoms with E-state index in [4.69, 9.17) is 9.15 Å². The van der Waals surface area contributed by atoms with Crippen molar-refractivity contribution in [3.63, 3.8) is 0 Å². The van der Waals surface area contributed by atoms with Gasteiger partial charge in [0.15, 0.2) is 0 Å². The lowest BCUT2D eigenvalue weighted by Crippen LogP contribution is -2.45. The molecular formula is C23H24FN3O3. The van der Waals surface area contributed by atoms with Crippen molar-refractivity contribution in [2.24, 2.45) is 0 Å². The van der Waals surface area contributed by atoms with Crippen molar-refractivity contribution in [3.8, 4) is 17.2 Å². The van der Waals surface area contributed by atoms with Gasteiger partial charge in [-0.15, -0.1) is 10.2 Å². The number of carbonyl (C=O) groups is 1. The van der Waals surface area contributed by atoms with Gasteiger partial charge in [0, 0.05) is 24.6 Å². The Hall–Kier alpha value is -3.22. The third-order valence-corrected chi connectivity index (χ3v) is 5.42. The molecule has 1 saturated heterocycles. The number of halogens is 1. The molecule has 0 aliphatic carbocycles. The van der Waals surface area contributed by atoms with Crippen LogP contribution in [0.1, 0.15) is 41.1 Å². The van der Waals surface area contributed by atoms with Crippen molar-refractivity contribution in [2.45, 2.75) is 38.6 Å². The number of hydrogen-bond donors (Lipinski definition) is 0. The third-order valence-electron chi connectivity index (χ3n) is 5.42. The molecule has 0 spiro atoms. The minimum atomic E-state index is -0.358. The molecule has 1 aromatic heterocycles. The standard InChI is InChI=1S/C23H24FN3O3/c1-15-9-10-19(20(12-15)29-2)23(28)27-11-4-3-8-18(27)14-21-25-26-22(30-21)16-6-5-7-17(24)13-16/h5-7,9-10,12-13,18H,3-4,8,11,14H2,1-2H3/t18-/m0/s1. The van der Waals surface area contributed by atoms with E-state index >= 15 is 0 Å². The summed E-state index contributed by atoms with van der Waals surface area (Å²) in [5.74, 6) is 0.883. The van der Waals surface area contributed by atoms with Crippen molar-refractivity contribution in [1.82, 2.24) is 15.1 Å². The van der Waals surface area contributed by atoms with E-state index in [0.29, 0.717) is 35.7 Å². The van der Waals surface area contributed by atoms with E-state index in [1.807, 2.05) is 30.0 Å². The first kappa shape index (κ1) is 20.1. The summed E-state index contributed by atoms with van der Waals surface area (Å²) in [4.78, 5) is 15.2. The van der Waals surface area contributed by atoms with E-state index in [-0.39, 0.29) is 23.7 Å². The first-order chi connectivity index (χ1) is 14.5. The van der Waals surface area contributed by atoms with E-state index in [2.05, 4.69) is 10.2 Å². The van der Waals surface area contributed by atoms with Gasteiger partial charge in [-0.05, 0) is 62.1 Å². The van der Waals surface area contributed by atoms with Crippen molar-refractivity contribution < 1.29 is 18.3 Å². The predicted molar refractivity (Wildman–Crippen MR) is 110 cm³/mol. The first-order valence-electron chi connectivity index (χ1n) is 10.1. The largest absolute Gasteiger partial charge is 0.496 e. The average molecular weight is 409 g/mol. The van der Waals surface area contributed by atoms with Crippen LogP contribution in [0.2, 0.25) is 0 Å². The second-order valence-electron chi connectivity index (χ2n) is 7.57. The molecule has 156 valence electrons. The fourth-order valence-corrected chi connectivity index (χ4v) is 3.89. The van der Waals surface area contributed by atoms with Crippen LogP contribution in [-0.2, 0) is 6.42 Å². The molecule has 1 atom stereocenters. The molecule has 1 fully saturated rings. The zero-order chi connectivity index (χ0) is 21.1. The average Bonchev–Trinajstić information content (AvgIpc) is 3.22. The van der Waals surface area contributed by atoms with Crippen molar-refractivity contribution in [3.05, 3.63) is 65.3 Å². The van der Waals surface area contributed by atoms with Crippen LogP contribution in [0.4, 0.5) is 4.39 Å². The lowest BCUT2D eigenvalue weighted by Gasteiger charge is -2.35. The maximum Gasteiger partial charge on any atom is 0.257 e. The first-order valence-corrected chi connectivity index (χ1v) is 10.1. The second-order valence-corrected chi connectivity index (χ2v) is 7.57. The van der Waals surface area contributed by atoms with Crippen LogP contribution in [0.3, 0.4) is 0 Å². The number of benzene rings is 2. The molecule has 1 aliphatic heterocycles. The van der Waals surface area contributed by atoms with E-state index < -0.39 is 0 Å². The van der Waals surface area contributed by atoms with Crippen molar-refractivity contribution >= 4 is 5.91 Å². The number of nitrogens with zero attached hydrogens (tertiary/aromatic N) is 3. The molecule has 0 radical (unpaired) electrons. The highest BCUT2D eigenvalue weighted by Gasteiger charge is 2.30. The van der Waals surface area contributed by atoms with Crippen LogP contribution >= 0.6 is 0 Å². The second kappa shape index (κ2) is 8.65. The van der Waals surface area contributed by atoms with Gasteiger partial charge in [0.05, 0.1) is 12.7 Å². The number of amides is 1. The summed E-state index contributed by atoms with van der Waals surface area (Å²) in [6.07, 6.45) is 3.30. The van der Waals surface area contributed by atoms with Crippen molar-refractivity contribution in [2.75, 3.05) is 13.7 Å². The van der Waals surface area contributed by atoms with E-state index in [9.17, 15) is 9.18 Å². The minimum absolute atomic E-state index is 0.0435. The number of likely N-dealkylation sites (tertiary alicyclic amines) is 1. The number of methoxy groups -OCH3 is 1. The highest BCUT2D eigenvalue weighted by atomic mass is 19.1. The van der Waals surface area contributed by atoms with Gasteiger partial charge in [0.1, 0.15) is 11.6 Å². The fourth-order valence-electron chi connectivity index (χ4n) is 3.89. The molecule has 0 saturated carbocycles. The molecule has 2 heterocycles. The Morgan fingerprint density at radius 1 is 1.23 bits per heavy atom. The number of aromatic nitrogens is 2. The molecule has 1 aliphatic rings. The Labute approximate surface area is 174 Å². The zero-order valence-corrected chi connectivity index (χ0v) is 17.1. The Bertz CT molecular complexity index is 1050. The summed E-state index contributed by atoms with van der Waals surface area (Å²) < 4.78 is 24.7. The number of aryl methyl sites for hydroxylation is 1. The monoisotopic (exact) mass is 409 g/mol. The van der Waals surface area contributed by atoms with Gasteiger partial charge in [-0.25, -0.2) is 4.39 Å². The Morgan fingerprint density at radius 2 is 2.10 bits per heavy atom. The van der Waals surface area contributed by atoms with Gasteiger partial charge in [0.2, 0.25) is 11.8 Å². The molecule has 2 aromatic carbocycles. The van der Waals surface area contributed by atoms with Gasteiger partial charge in [-0.2, -0.15) is 0 Å². The molecule has 0 bridgehead atoms. The molecule has 7 heteroatoms. The molecule has 3 aromatic rings. The third kappa shape index (κ3) is 4.20. The Balaban J connectivity index is 1.54. The van der Waals surface area contributed by atoms with Gasteiger partial charge >= 0.3 is 0 Å². The van der Waals surface area contributed by atoms with Crippen molar-refractivity contribution in [1.29, 1.82) is 0 Å². The highest BCUT2D eigenvalue weighted by molar-refractivity contribution is 5.97. The summed E-state index contributed by atoms with van der Waals surface area (Å²) >= 11 is 0. The normalized spacial score (nSPS) is 16.5. The van der Waals surface area contributed by atoms with E-state index in [0.717, 1.165) is 24.8 Å². The van der Waals surface area contributed by atoms with Gasteiger partial charge in [0.25, 0.3) is 5.91 Å². The summed E-state index contributed by atoms with van der Waals surface area (Å²) in [5.41, 5.74) is 2.13. The van der Waals surface area contributed by atoms with Crippen LogP contribution in [0.5, 0.6) is 5.75 Å². The number of hydrogen-bond acceptors (Lipinski definition) is 5. The Kier molecular flexibility index (Phi) is 5.79. The van der Waals surface area contributed by atoms with E-state index in [1.165, 1.54) is 12.1 Å². The molecular weight excluding hydrogens is 385 g/mol. The lowest BCUT2D eigenvalue weighted by molar-refractivity contribution is 0.0602. The van der Waals surface area contributed by atoms with Crippen LogP contribution in [0.25, 0.3) is 11.5 Å². The SMILES string of the molecule is COc1cc(C)ccc1C(=O)N1CCCC[C@H]1Cc1nnc(-c2cccc(F)c2)o1. The maximum atomic E-state index is 13.5. The molecule has 0 unspecified atom stereocenters. The quantitative estimate of drug-likeness (QED) is 0.624. The highest BCUT2D eigenvalue weighted by Crippen LogP contribution is 2.28. The van der Waals surface area contributed by atoms with Crippen LogP contribution < -0.4 is 4.74 Å². The molecule has 30 heavy (non-hydrogen) atoms. The molecule has 0 N–H and O–H groups in total. The maximum absolute atomic E-state index is 13.5. The predicted octanol–water partition coefficient (Wildman–Crippen LogP) is 4.43. The summed E-state index contributed by atoms with van der Waals surface area (Å²) in [7, 11) is 1.58. The molecule has 1 amide bonds. The van der Waals surface area contributed by atoms with Gasteiger partial charge in [-0.3, -0.25) is 4.79 Å². The lowest BCUT2D eigenvalue weighted by atomic mass is 9.97. The number of carbonyl (C=O) groups excluding carboxylic acids is 1. The summed E-state index contributed by atoms with van der Waals surface area (Å²) in [6.45, 7) is 2.64. The number of ether oxygens (including phenoxy) is 1. The summed E-state index contributed by atoms with van der Waals surface area (Å²) in [5, 5.41) is 8.18. The van der Waals surface area contributed by atoms with E-state index in [1.54, 1.807) is 19.2 Å². The zero-order valence-electron chi connectivity index (χ0n) is 17.1. The fraction of sp³-hybridized carbons (Fsp3) is 0.348. The number of rotatable bonds is 5. The minimum Gasteiger partial charge on any atom is -0.496 e. The topological polar surface area (TPSA) is 68.5 Å². The number of piperidine rings is 1. The van der Waals surface area contributed by atoms with Gasteiger partial charge in [-0.1, -0.05) is 12.1 Å². The summed E-state index contributed by atoms with van der Waals surface area (Å²) in [6, 6.07) is 11.6. The van der Waals surface area contributed by atoms with Gasteiger partial charge < -0.3 is 14.1 Å². The van der Waals surface area contributed by atoms with Crippen LogP contribution in [-0.4, -0.2) is 40.7 Å². The van der Waals surface area contributed by atoms with Crippen LogP contribution in [0, 0.1) is 12.7 Å². The Morgan fingerprint density at radius 3 is 2.90 bits per heavy atom.